The number of carbonyl (C=O) groups is 1. The first-order chi connectivity index (χ1) is 6.75. The molecule has 1 atom stereocenters. The van der Waals surface area contributed by atoms with E-state index in [9.17, 15) is 4.79 Å². The minimum absolute atomic E-state index is 0.0766. The van der Waals surface area contributed by atoms with Gasteiger partial charge in [0.05, 0.1) is 10.5 Å². The number of anilines is 1. The summed E-state index contributed by atoms with van der Waals surface area (Å²) in [5, 5.41) is 5.91. The first kappa shape index (κ1) is 9.39. The summed E-state index contributed by atoms with van der Waals surface area (Å²) < 4.78 is 0.805. The van der Waals surface area contributed by atoms with Gasteiger partial charge in [0.25, 0.3) is 0 Å². The van der Waals surface area contributed by atoms with Gasteiger partial charge in [-0.15, -0.1) is 0 Å². The average Bonchev–Trinajstić information content (AvgIpc) is 2.56. The zero-order chi connectivity index (χ0) is 9.97. The summed E-state index contributed by atoms with van der Waals surface area (Å²) in [7, 11) is 0. The van der Waals surface area contributed by atoms with E-state index in [1.165, 1.54) is 6.33 Å². The number of hydrogen-bond acceptors (Lipinski definition) is 4. The third-order valence-electron chi connectivity index (χ3n) is 1.99. The summed E-state index contributed by atoms with van der Waals surface area (Å²) in [6.07, 6.45) is 3.63. The second-order valence-electron chi connectivity index (χ2n) is 3.07. The van der Waals surface area contributed by atoms with Crippen molar-refractivity contribution in [3.8, 4) is 0 Å². The molecule has 1 saturated heterocycles. The van der Waals surface area contributed by atoms with E-state index >= 15 is 0 Å². The summed E-state index contributed by atoms with van der Waals surface area (Å²) in [5.41, 5.74) is 0. The molecule has 1 fully saturated rings. The van der Waals surface area contributed by atoms with Gasteiger partial charge >= 0.3 is 0 Å². The first-order valence-corrected chi connectivity index (χ1v) is 5.04. The highest BCUT2D eigenvalue weighted by Gasteiger charge is 2.21. The highest BCUT2D eigenvalue weighted by molar-refractivity contribution is 9.10. The third-order valence-corrected chi connectivity index (χ3v) is 2.57. The van der Waals surface area contributed by atoms with Crippen LogP contribution in [0.15, 0.2) is 17.0 Å². The number of rotatable bonds is 2. The highest BCUT2D eigenvalue weighted by Crippen LogP contribution is 2.19. The molecule has 6 heteroatoms. The Hall–Kier alpha value is -1.17. The van der Waals surface area contributed by atoms with Crippen LogP contribution in [-0.4, -0.2) is 28.5 Å². The number of carbonyl (C=O) groups excluding carboxylic acids is 1. The molecule has 1 aliphatic heterocycles. The van der Waals surface area contributed by atoms with Crippen molar-refractivity contribution < 1.29 is 4.79 Å². The van der Waals surface area contributed by atoms with Crippen molar-refractivity contribution in [3.05, 3.63) is 17.0 Å². The molecule has 2 heterocycles. The Kier molecular flexibility index (Phi) is 2.62. The molecule has 74 valence electrons. The number of aromatic nitrogens is 2. The maximum atomic E-state index is 10.9. The molecule has 1 aromatic heterocycles. The number of nitrogens with one attached hydrogen (secondary N) is 2. The van der Waals surface area contributed by atoms with Gasteiger partial charge in [-0.25, -0.2) is 9.97 Å². The van der Waals surface area contributed by atoms with E-state index in [1.54, 1.807) is 6.20 Å². The van der Waals surface area contributed by atoms with Crippen molar-refractivity contribution in [2.45, 2.75) is 12.5 Å². The fraction of sp³-hybridized carbons (Fsp3) is 0.375. The fourth-order valence-electron chi connectivity index (χ4n) is 1.32. The van der Waals surface area contributed by atoms with Gasteiger partial charge in [-0.3, -0.25) is 4.79 Å². The lowest BCUT2D eigenvalue weighted by Crippen LogP contribution is -2.23. The zero-order valence-electron chi connectivity index (χ0n) is 7.33. The number of nitrogens with zero attached hydrogens (tertiary/aromatic N) is 2. The lowest BCUT2D eigenvalue weighted by atomic mass is 10.2. The minimum atomic E-state index is 0.0766. The first-order valence-electron chi connectivity index (χ1n) is 4.24. The van der Waals surface area contributed by atoms with Crippen molar-refractivity contribution in [3.63, 3.8) is 0 Å². The number of hydrogen-bond donors (Lipinski definition) is 2. The van der Waals surface area contributed by atoms with Crippen LogP contribution < -0.4 is 10.6 Å². The summed E-state index contributed by atoms with van der Waals surface area (Å²) in [5.74, 6) is 0.800. The molecule has 5 nitrogen and oxygen atoms in total. The van der Waals surface area contributed by atoms with E-state index in [-0.39, 0.29) is 11.9 Å². The van der Waals surface area contributed by atoms with Crippen LogP contribution in [0.2, 0.25) is 0 Å². The lowest BCUT2D eigenvalue weighted by Gasteiger charge is -2.11. The molecular formula is C8H9BrN4O. The zero-order valence-corrected chi connectivity index (χ0v) is 8.91. The lowest BCUT2D eigenvalue weighted by molar-refractivity contribution is -0.119. The van der Waals surface area contributed by atoms with Crippen molar-refractivity contribution in [1.82, 2.24) is 15.3 Å². The van der Waals surface area contributed by atoms with Crippen LogP contribution in [0.25, 0.3) is 0 Å². The predicted octanol–water partition coefficient (Wildman–Crippen LogP) is 0.540. The van der Waals surface area contributed by atoms with Crippen LogP contribution in [0.1, 0.15) is 6.42 Å². The average molecular weight is 257 g/mol. The topological polar surface area (TPSA) is 66.9 Å². The van der Waals surface area contributed by atoms with Crippen molar-refractivity contribution in [2.75, 3.05) is 11.9 Å². The summed E-state index contributed by atoms with van der Waals surface area (Å²) in [6, 6.07) is 0.119. The normalized spacial score (nSPS) is 20.6. The summed E-state index contributed by atoms with van der Waals surface area (Å²) >= 11 is 3.33. The van der Waals surface area contributed by atoms with E-state index in [2.05, 4.69) is 36.5 Å². The smallest absolute Gasteiger partial charge is 0.222 e. The second-order valence-corrected chi connectivity index (χ2v) is 3.92. The van der Waals surface area contributed by atoms with E-state index in [0.717, 1.165) is 10.3 Å². The van der Waals surface area contributed by atoms with Gasteiger partial charge in [0.15, 0.2) is 0 Å². The highest BCUT2D eigenvalue weighted by atomic mass is 79.9. The Balaban J connectivity index is 2.04. The van der Waals surface area contributed by atoms with Gasteiger partial charge in [-0.05, 0) is 15.9 Å². The number of halogens is 1. The Bertz CT molecular complexity index is 357. The van der Waals surface area contributed by atoms with Gasteiger partial charge in [-0.1, -0.05) is 0 Å². The van der Waals surface area contributed by atoms with Crippen LogP contribution >= 0.6 is 15.9 Å². The van der Waals surface area contributed by atoms with Crippen LogP contribution in [0.5, 0.6) is 0 Å². The van der Waals surface area contributed by atoms with Crippen LogP contribution in [0, 0.1) is 0 Å². The monoisotopic (exact) mass is 256 g/mol. The molecule has 14 heavy (non-hydrogen) atoms. The molecule has 1 aliphatic rings. The predicted molar refractivity (Wildman–Crippen MR) is 54.8 cm³/mol. The quantitative estimate of drug-likeness (QED) is 0.811. The largest absolute Gasteiger partial charge is 0.364 e. The fourth-order valence-corrected chi connectivity index (χ4v) is 1.65. The van der Waals surface area contributed by atoms with E-state index in [4.69, 9.17) is 0 Å². The Labute approximate surface area is 89.5 Å². The molecular weight excluding hydrogens is 248 g/mol. The summed E-state index contributed by atoms with van der Waals surface area (Å²) in [6.45, 7) is 0.648. The molecule has 0 bridgehead atoms. The van der Waals surface area contributed by atoms with Crippen molar-refractivity contribution in [2.24, 2.45) is 0 Å². The SMILES string of the molecule is O=C1CC(Nc2ncncc2Br)CN1. The summed E-state index contributed by atoms with van der Waals surface area (Å²) in [4.78, 5) is 18.8. The minimum Gasteiger partial charge on any atom is -0.364 e. The molecule has 0 aliphatic carbocycles. The Morgan fingerprint density at radius 1 is 1.64 bits per heavy atom. The van der Waals surface area contributed by atoms with Gasteiger partial charge in [0.2, 0.25) is 5.91 Å². The molecule has 1 aromatic rings. The number of amides is 1. The van der Waals surface area contributed by atoms with Crippen molar-refractivity contribution in [1.29, 1.82) is 0 Å². The van der Waals surface area contributed by atoms with E-state index < -0.39 is 0 Å². The molecule has 0 spiro atoms. The maximum absolute atomic E-state index is 10.9. The molecule has 0 aromatic carbocycles. The second kappa shape index (κ2) is 3.91. The Morgan fingerprint density at radius 2 is 2.50 bits per heavy atom. The van der Waals surface area contributed by atoms with Crippen LogP contribution in [0.4, 0.5) is 5.82 Å². The Morgan fingerprint density at radius 3 is 3.14 bits per heavy atom. The van der Waals surface area contributed by atoms with Gasteiger partial charge in [0, 0.05) is 19.2 Å². The van der Waals surface area contributed by atoms with Gasteiger partial charge in [0.1, 0.15) is 12.1 Å². The standard InChI is InChI=1S/C8H9BrN4O/c9-6-3-10-4-12-8(6)13-5-1-7(14)11-2-5/h3-5H,1-2H2,(H,11,14)(H,10,12,13). The maximum Gasteiger partial charge on any atom is 0.222 e. The van der Waals surface area contributed by atoms with Gasteiger partial charge in [-0.2, -0.15) is 0 Å². The van der Waals surface area contributed by atoms with E-state index in [0.29, 0.717) is 13.0 Å². The molecule has 2 rings (SSSR count). The molecule has 2 N–H and O–H groups in total. The molecule has 1 amide bonds. The molecule has 0 radical (unpaired) electrons. The van der Waals surface area contributed by atoms with Crippen molar-refractivity contribution >= 4 is 27.7 Å². The van der Waals surface area contributed by atoms with E-state index in [1.807, 2.05) is 0 Å². The third kappa shape index (κ3) is 2.01. The molecule has 0 saturated carbocycles. The van der Waals surface area contributed by atoms with Crippen LogP contribution in [-0.2, 0) is 4.79 Å². The van der Waals surface area contributed by atoms with Crippen LogP contribution in [0.3, 0.4) is 0 Å². The molecule has 1 unspecified atom stereocenters. The van der Waals surface area contributed by atoms with Gasteiger partial charge < -0.3 is 10.6 Å².